The number of esters is 1. The minimum absolute atomic E-state index is 0.00823. The zero-order valence-electron chi connectivity index (χ0n) is 10.3. The number of carbonyl (C=O) groups excluding carboxylic acids is 2. The molecular formula is C14H16O4. The number of benzene rings is 1. The molecule has 2 rings (SSSR count). The van der Waals surface area contributed by atoms with E-state index < -0.39 is 5.97 Å². The molecule has 0 amide bonds. The van der Waals surface area contributed by atoms with Gasteiger partial charge in [0.15, 0.2) is 5.78 Å². The Kier molecular flexibility index (Phi) is 4.10. The first kappa shape index (κ1) is 12.8. The fourth-order valence-electron chi connectivity index (χ4n) is 2.02. The van der Waals surface area contributed by atoms with Crippen molar-refractivity contribution in [2.24, 2.45) is 0 Å². The Morgan fingerprint density at radius 1 is 1.17 bits per heavy atom. The van der Waals surface area contributed by atoms with Gasteiger partial charge in [0, 0.05) is 12.2 Å². The Hall–Kier alpha value is -1.68. The van der Waals surface area contributed by atoms with Crippen LogP contribution in [0.25, 0.3) is 0 Å². The van der Waals surface area contributed by atoms with Crippen LogP contribution in [0.4, 0.5) is 0 Å². The summed E-state index contributed by atoms with van der Waals surface area (Å²) in [5.74, 6) is -0.408. The maximum Gasteiger partial charge on any atom is 0.337 e. The van der Waals surface area contributed by atoms with Crippen molar-refractivity contribution in [1.29, 1.82) is 0 Å². The molecule has 0 radical (unpaired) electrons. The monoisotopic (exact) mass is 248 g/mol. The summed E-state index contributed by atoms with van der Waals surface area (Å²) in [7, 11) is 1.33. The van der Waals surface area contributed by atoms with Gasteiger partial charge in [-0.05, 0) is 31.4 Å². The van der Waals surface area contributed by atoms with E-state index in [1.54, 1.807) is 24.3 Å². The van der Waals surface area contributed by atoms with Crippen molar-refractivity contribution in [3.8, 4) is 0 Å². The zero-order chi connectivity index (χ0) is 13.0. The molecule has 1 fully saturated rings. The maximum absolute atomic E-state index is 12.1. The lowest BCUT2D eigenvalue weighted by atomic mass is 9.99. The molecule has 0 bridgehead atoms. The van der Waals surface area contributed by atoms with Gasteiger partial charge >= 0.3 is 5.97 Å². The number of hydrogen-bond acceptors (Lipinski definition) is 4. The van der Waals surface area contributed by atoms with Gasteiger partial charge < -0.3 is 9.47 Å². The Balaban J connectivity index is 2.08. The SMILES string of the molecule is COC(=O)c1ccc(C(=O)C2CCCCO2)cc1. The third-order valence-corrected chi connectivity index (χ3v) is 3.06. The summed E-state index contributed by atoms with van der Waals surface area (Å²) in [6, 6.07) is 6.49. The average molecular weight is 248 g/mol. The van der Waals surface area contributed by atoms with Gasteiger partial charge in [0.1, 0.15) is 6.10 Å². The normalized spacial score (nSPS) is 19.3. The average Bonchev–Trinajstić information content (AvgIpc) is 2.47. The number of methoxy groups -OCH3 is 1. The van der Waals surface area contributed by atoms with Gasteiger partial charge in [-0.25, -0.2) is 4.79 Å². The summed E-state index contributed by atoms with van der Waals surface area (Å²) in [6.07, 6.45) is 2.49. The standard InChI is InChI=1S/C14H16O4/c1-17-14(16)11-7-5-10(6-8-11)13(15)12-4-2-3-9-18-12/h5-8,12H,2-4,9H2,1H3. The van der Waals surface area contributed by atoms with Crippen molar-refractivity contribution in [1.82, 2.24) is 0 Å². The summed E-state index contributed by atoms with van der Waals surface area (Å²) >= 11 is 0. The highest BCUT2D eigenvalue weighted by molar-refractivity contribution is 6.00. The van der Waals surface area contributed by atoms with E-state index in [4.69, 9.17) is 4.74 Å². The molecule has 18 heavy (non-hydrogen) atoms. The number of carbonyl (C=O) groups is 2. The van der Waals surface area contributed by atoms with Crippen LogP contribution in [-0.2, 0) is 9.47 Å². The highest BCUT2D eigenvalue weighted by Crippen LogP contribution is 2.18. The number of ketones is 1. The minimum Gasteiger partial charge on any atom is -0.465 e. The van der Waals surface area contributed by atoms with Gasteiger partial charge in [-0.15, -0.1) is 0 Å². The van der Waals surface area contributed by atoms with E-state index in [2.05, 4.69) is 4.74 Å². The molecule has 1 saturated heterocycles. The van der Waals surface area contributed by atoms with Crippen molar-refractivity contribution in [2.45, 2.75) is 25.4 Å². The van der Waals surface area contributed by atoms with Gasteiger partial charge in [0.2, 0.25) is 0 Å². The highest BCUT2D eigenvalue weighted by Gasteiger charge is 2.23. The molecule has 0 saturated carbocycles. The third-order valence-electron chi connectivity index (χ3n) is 3.06. The second-order valence-electron chi connectivity index (χ2n) is 4.29. The summed E-state index contributed by atoms with van der Waals surface area (Å²) in [4.78, 5) is 23.4. The first-order valence-corrected chi connectivity index (χ1v) is 6.06. The van der Waals surface area contributed by atoms with E-state index in [9.17, 15) is 9.59 Å². The molecule has 1 unspecified atom stereocenters. The lowest BCUT2D eigenvalue weighted by Gasteiger charge is -2.21. The minimum atomic E-state index is -0.400. The second-order valence-corrected chi connectivity index (χ2v) is 4.29. The summed E-state index contributed by atoms with van der Waals surface area (Å²) in [5.41, 5.74) is 1.02. The van der Waals surface area contributed by atoms with Crippen LogP contribution in [0.3, 0.4) is 0 Å². The fraction of sp³-hybridized carbons (Fsp3) is 0.429. The molecule has 0 aromatic heterocycles. The van der Waals surface area contributed by atoms with Crippen LogP contribution in [0, 0.1) is 0 Å². The third kappa shape index (κ3) is 2.76. The molecule has 1 heterocycles. The van der Waals surface area contributed by atoms with Crippen LogP contribution in [0.2, 0.25) is 0 Å². The summed E-state index contributed by atoms with van der Waals surface area (Å²) in [6.45, 7) is 0.649. The fourth-order valence-corrected chi connectivity index (χ4v) is 2.02. The highest BCUT2D eigenvalue weighted by atomic mass is 16.5. The lowest BCUT2D eigenvalue weighted by Crippen LogP contribution is -2.28. The summed E-state index contributed by atoms with van der Waals surface area (Å²) < 4.78 is 10.1. The van der Waals surface area contributed by atoms with Crippen LogP contribution >= 0.6 is 0 Å². The maximum atomic E-state index is 12.1. The summed E-state index contributed by atoms with van der Waals surface area (Å²) in [5, 5.41) is 0. The molecule has 1 aliphatic heterocycles. The Morgan fingerprint density at radius 3 is 2.39 bits per heavy atom. The van der Waals surface area contributed by atoms with Crippen LogP contribution in [0.15, 0.2) is 24.3 Å². The Bertz CT molecular complexity index is 430. The van der Waals surface area contributed by atoms with Gasteiger partial charge in [-0.1, -0.05) is 12.1 Å². The van der Waals surface area contributed by atoms with E-state index >= 15 is 0 Å². The van der Waals surface area contributed by atoms with E-state index in [1.165, 1.54) is 7.11 Å². The number of ether oxygens (including phenoxy) is 2. The quantitative estimate of drug-likeness (QED) is 0.608. The Labute approximate surface area is 106 Å². The predicted octanol–water partition coefficient (Wildman–Crippen LogP) is 2.22. The van der Waals surface area contributed by atoms with Crippen molar-refractivity contribution in [3.05, 3.63) is 35.4 Å². The second kappa shape index (κ2) is 5.78. The molecule has 96 valence electrons. The van der Waals surface area contributed by atoms with E-state index in [0.29, 0.717) is 17.7 Å². The van der Waals surface area contributed by atoms with Gasteiger partial charge in [-0.3, -0.25) is 4.79 Å². The molecule has 0 spiro atoms. The molecular weight excluding hydrogens is 232 g/mol. The predicted molar refractivity (Wildman–Crippen MR) is 65.7 cm³/mol. The van der Waals surface area contributed by atoms with Crippen molar-refractivity contribution in [2.75, 3.05) is 13.7 Å². The smallest absolute Gasteiger partial charge is 0.337 e. The number of Topliss-reactive ketones (excluding diaryl/α,β-unsaturated/α-hetero) is 1. The molecule has 1 atom stereocenters. The Morgan fingerprint density at radius 2 is 1.83 bits per heavy atom. The molecule has 4 heteroatoms. The van der Waals surface area contributed by atoms with Crippen molar-refractivity contribution >= 4 is 11.8 Å². The molecule has 1 aliphatic rings. The van der Waals surface area contributed by atoms with Gasteiger partial charge in [0.25, 0.3) is 0 Å². The van der Waals surface area contributed by atoms with Crippen molar-refractivity contribution < 1.29 is 19.1 Å². The van der Waals surface area contributed by atoms with E-state index in [1.807, 2.05) is 0 Å². The molecule has 0 N–H and O–H groups in total. The lowest BCUT2D eigenvalue weighted by molar-refractivity contribution is 0.0186. The van der Waals surface area contributed by atoms with Crippen LogP contribution in [-0.4, -0.2) is 31.6 Å². The first-order valence-electron chi connectivity index (χ1n) is 6.06. The molecule has 1 aromatic rings. The number of rotatable bonds is 3. The van der Waals surface area contributed by atoms with Crippen LogP contribution in [0.1, 0.15) is 40.0 Å². The largest absolute Gasteiger partial charge is 0.465 e. The topological polar surface area (TPSA) is 52.6 Å². The van der Waals surface area contributed by atoms with Gasteiger partial charge in [-0.2, -0.15) is 0 Å². The van der Waals surface area contributed by atoms with Crippen LogP contribution in [0.5, 0.6) is 0 Å². The van der Waals surface area contributed by atoms with Crippen molar-refractivity contribution in [3.63, 3.8) is 0 Å². The number of hydrogen-bond donors (Lipinski definition) is 0. The first-order chi connectivity index (χ1) is 8.72. The molecule has 1 aromatic carbocycles. The zero-order valence-corrected chi connectivity index (χ0v) is 10.3. The van der Waals surface area contributed by atoms with Gasteiger partial charge in [0.05, 0.1) is 12.7 Å². The van der Waals surface area contributed by atoms with Crippen LogP contribution < -0.4 is 0 Å². The molecule has 4 nitrogen and oxygen atoms in total. The van der Waals surface area contributed by atoms with E-state index in [0.717, 1.165) is 19.3 Å². The molecule has 0 aliphatic carbocycles. The van der Waals surface area contributed by atoms with E-state index in [-0.39, 0.29) is 11.9 Å².